The van der Waals surface area contributed by atoms with Gasteiger partial charge < -0.3 is 4.74 Å². The largest absolute Gasteiger partial charge is 0.479 e. The Morgan fingerprint density at radius 2 is 1.53 bits per heavy atom. The fraction of sp³-hybridized carbons (Fsp3) is 0.333. The lowest BCUT2D eigenvalue weighted by Crippen LogP contribution is -2.00. The van der Waals surface area contributed by atoms with Crippen LogP contribution in [0, 0.1) is 13.8 Å². The number of aromatic nitrogens is 4. The molecule has 15 heavy (non-hydrogen) atoms. The molecule has 0 atom stereocenters. The van der Waals surface area contributed by atoms with Gasteiger partial charge in [-0.3, -0.25) is 0 Å². The summed E-state index contributed by atoms with van der Waals surface area (Å²) in [5, 5.41) is 17.5. The quantitative estimate of drug-likeness (QED) is 0.738. The van der Waals surface area contributed by atoms with Crippen molar-refractivity contribution in [1.82, 2.24) is 20.4 Å². The molecule has 5 nitrogen and oxygen atoms in total. The predicted molar refractivity (Wildman–Crippen MR) is 56.2 cm³/mol. The van der Waals surface area contributed by atoms with E-state index >= 15 is 0 Å². The van der Waals surface area contributed by atoms with Crippen molar-refractivity contribution in [3.8, 4) is 5.88 Å². The molecule has 6 heteroatoms. The smallest absolute Gasteiger partial charge is 0.243 e. The second kappa shape index (κ2) is 3.58. The van der Waals surface area contributed by atoms with Crippen molar-refractivity contribution < 1.29 is 4.74 Å². The molecule has 0 aliphatic carbocycles. The van der Waals surface area contributed by atoms with E-state index in [1.807, 2.05) is 13.8 Å². The number of halogens is 1. The third kappa shape index (κ3) is 1.48. The molecule has 0 fully saturated rings. The molecule has 0 saturated heterocycles. The lowest BCUT2D eigenvalue weighted by Gasteiger charge is -2.07. The Bertz CT molecular complexity index is 521. The molecule has 0 aromatic carbocycles. The summed E-state index contributed by atoms with van der Waals surface area (Å²) < 4.78 is 5.12. The van der Waals surface area contributed by atoms with Crippen molar-refractivity contribution in [2.24, 2.45) is 0 Å². The molecule has 0 spiro atoms. The van der Waals surface area contributed by atoms with Crippen LogP contribution in [0.25, 0.3) is 10.8 Å². The molecular weight excluding hydrogens is 216 g/mol. The van der Waals surface area contributed by atoms with E-state index in [-0.39, 0.29) is 0 Å². The van der Waals surface area contributed by atoms with Gasteiger partial charge in [0.1, 0.15) is 0 Å². The first-order valence-corrected chi connectivity index (χ1v) is 4.72. The Kier molecular flexibility index (Phi) is 2.40. The zero-order valence-corrected chi connectivity index (χ0v) is 9.33. The third-order valence-electron chi connectivity index (χ3n) is 2.17. The van der Waals surface area contributed by atoms with Gasteiger partial charge in [0, 0.05) is 0 Å². The molecule has 0 aliphatic rings. The summed E-state index contributed by atoms with van der Waals surface area (Å²) in [4.78, 5) is 0. The van der Waals surface area contributed by atoms with Gasteiger partial charge in [-0.25, -0.2) is 0 Å². The minimum absolute atomic E-state index is 0.321. The summed E-state index contributed by atoms with van der Waals surface area (Å²) in [6.45, 7) is 3.65. The Morgan fingerprint density at radius 1 is 0.933 bits per heavy atom. The second-order valence-electron chi connectivity index (χ2n) is 3.12. The Balaban J connectivity index is 2.99. The summed E-state index contributed by atoms with van der Waals surface area (Å²) in [5.74, 6) is 0.421. The Hall–Kier alpha value is -1.49. The van der Waals surface area contributed by atoms with Gasteiger partial charge in [0.2, 0.25) is 5.88 Å². The van der Waals surface area contributed by atoms with Crippen LogP contribution in [-0.4, -0.2) is 27.5 Å². The maximum Gasteiger partial charge on any atom is 0.243 e. The minimum Gasteiger partial charge on any atom is -0.479 e. The highest BCUT2D eigenvalue weighted by atomic mass is 35.5. The number of aryl methyl sites for hydroxylation is 2. The summed E-state index contributed by atoms with van der Waals surface area (Å²) in [6, 6.07) is 0. The lowest BCUT2D eigenvalue weighted by molar-refractivity contribution is 0.397. The molecule has 2 aromatic rings. The standard InChI is InChI=1S/C9H9ClN4O/c1-4-6-7(5(2)12-11-4)9(15-3)14-13-8(6)10/h1-3H3. The van der Waals surface area contributed by atoms with Crippen LogP contribution < -0.4 is 4.74 Å². The molecule has 0 aliphatic heterocycles. The summed E-state index contributed by atoms with van der Waals surface area (Å²) in [5.41, 5.74) is 1.44. The highest BCUT2D eigenvalue weighted by Crippen LogP contribution is 2.30. The van der Waals surface area contributed by atoms with Crippen molar-refractivity contribution in [2.75, 3.05) is 7.11 Å². The minimum atomic E-state index is 0.321. The fourth-order valence-electron chi connectivity index (χ4n) is 1.46. The highest BCUT2D eigenvalue weighted by molar-refractivity contribution is 6.34. The number of fused-ring (bicyclic) bond motifs is 1. The zero-order chi connectivity index (χ0) is 11.0. The van der Waals surface area contributed by atoms with Crippen LogP contribution in [-0.2, 0) is 0 Å². The van der Waals surface area contributed by atoms with Crippen molar-refractivity contribution >= 4 is 22.4 Å². The topological polar surface area (TPSA) is 60.8 Å². The first-order chi connectivity index (χ1) is 7.15. The van der Waals surface area contributed by atoms with Gasteiger partial charge >= 0.3 is 0 Å². The van der Waals surface area contributed by atoms with Gasteiger partial charge in [0.15, 0.2) is 5.15 Å². The van der Waals surface area contributed by atoms with Crippen LogP contribution in [0.15, 0.2) is 0 Å². The van der Waals surface area contributed by atoms with Gasteiger partial charge in [-0.1, -0.05) is 11.6 Å². The molecule has 0 radical (unpaired) electrons. The monoisotopic (exact) mass is 224 g/mol. The van der Waals surface area contributed by atoms with Gasteiger partial charge in [-0.15, -0.1) is 10.2 Å². The molecule has 2 heterocycles. The van der Waals surface area contributed by atoms with E-state index < -0.39 is 0 Å². The number of hydrogen-bond acceptors (Lipinski definition) is 5. The molecule has 0 N–H and O–H groups in total. The van der Waals surface area contributed by atoms with Crippen molar-refractivity contribution in [3.63, 3.8) is 0 Å². The first kappa shape index (κ1) is 10.0. The first-order valence-electron chi connectivity index (χ1n) is 4.35. The van der Waals surface area contributed by atoms with E-state index in [9.17, 15) is 0 Å². The maximum absolute atomic E-state index is 5.97. The predicted octanol–water partition coefficient (Wildman–Crippen LogP) is 1.70. The van der Waals surface area contributed by atoms with E-state index in [2.05, 4.69) is 20.4 Å². The van der Waals surface area contributed by atoms with Crippen molar-refractivity contribution in [1.29, 1.82) is 0 Å². The number of ether oxygens (including phenoxy) is 1. The van der Waals surface area contributed by atoms with E-state index in [0.717, 1.165) is 16.5 Å². The van der Waals surface area contributed by atoms with Gasteiger partial charge in [0.05, 0.1) is 29.3 Å². The summed E-state index contributed by atoms with van der Waals surface area (Å²) in [7, 11) is 1.53. The molecule has 0 bridgehead atoms. The number of methoxy groups -OCH3 is 1. The average Bonchev–Trinajstić information content (AvgIpc) is 2.23. The molecule has 2 aromatic heterocycles. The zero-order valence-electron chi connectivity index (χ0n) is 8.58. The fourth-order valence-corrected chi connectivity index (χ4v) is 1.73. The number of nitrogens with zero attached hydrogens (tertiary/aromatic N) is 4. The molecule has 78 valence electrons. The lowest BCUT2D eigenvalue weighted by atomic mass is 10.2. The Labute approximate surface area is 91.4 Å². The van der Waals surface area contributed by atoms with Crippen LogP contribution >= 0.6 is 11.6 Å². The van der Waals surface area contributed by atoms with E-state index in [1.54, 1.807) is 0 Å². The third-order valence-corrected chi connectivity index (χ3v) is 2.43. The average molecular weight is 225 g/mol. The van der Waals surface area contributed by atoms with Crippen LogP contribution in [0.1, 0.15) is 11.4 Å². The normalized spacial score (nSPS) is 10.7. The van der Waals surface area contributed by atoms with Crippen LogP contribution in [0.4, 0.5) is 0 Å². The van der Waals surface area contributed by atoms with Crippen LogP contribution in [0.2, 0.25) is 5.15 Å². The molecule has 2 rings (SSSR count). The summed E-state index contributed by atoms with van der Waals surface area (Å²) in [6.07, 6.45) is 0. The van der Waals surface area contributed by atoms with Crippen LogP contribution in [0.3, 0.4) is 0 Å². The van der Waals surface area contributed by atoms with Gasteiger partial charge in [-0.2, -0.15) is 10.2 Å². The number of hydrogen-bond donors (Lipinski definition) is 0. The molecule has 0 amide bonds. The SMILES string of the molecule is COc1nnc(Cl)c2c(C)nnc(C)c12. The maximum atomic E-state index is 5.97. The van der Waals surface area contributed by atoms with E-state index in [0.29, 0.717) is 16.7 Å². The number of rotatable bonds is 1. The molecule has 0 unspecified atom stereocenters. The van der Waals surface area contributed by atoms with Gasteiger partial charge in [-0.05, 0) is 13.8 Å². The highest BCUT2D eigenvalue weighted by Gasteiger charge is 2.14. The van der Waals surface area contributed by atoms with Crippen molar-refractivity contribution in [3.05, 3.63) is 16.5 Å². The summed E-state index contributed by atoms with van der Waals surface area (Å²) >= 11 is 5.97. The van der Waals surface area contributed by atoms with E-state index in [1.165, 1.54) is 7.11 Å². The second-order valence-corrected chi connectivity index (χ2v) is 3.48. The molecular formula is C9H9ClN4O. The Morgan fingerprint density at radius 3 is 2.13 bits per heavy atom. The van der Waals surface area contributed by atoms with Crippen LogP contribution in [0.5, 0.6) is 5.88 Å². The van der Waals surface area contributed by atoms with E-state index in [4.69, 9.17) is 16.3 Å². The van der Waals surface area contributed by atoms with Gasteiger partial charge in [0.25, 0.3) is 0 Å². The van der Waals surface area contributed by atoms with Crippen molar-refractivity contribution in [2.45, 2.75) is 13.8 Å². The molecule has 0 saturated carbocycles.